The Morgan fingerprint density at radius 3 is 2.27 bits per heavy atom. The molecule has 6 nitrogen and oxygen atoms in total. The summed E-state index contributed by atoms with van der Waals surface area (Å²) < 4.78 is 28.5. The molecular weight excluding hydrogens is 627 g/mol. The lowest BCUT2D eigenvalue weighted by Crippen LogP contribution is -2.63. The van der Waals surface area contributed by atoms with Crippen LogP contribution in [0, 0.1) is 11.3 Å². The molecule has 3 saturated heterocycles. The molecule has 9 heteroatoms. The molecule has 3 aliphatic heterocycles. The summed E-state index contributed by atoms with van der Waals surface area (Å²) in [6.07, 6.45) is 17.8. The van der Waals surface area contributed by atoms with Crippen molar-refractivity contribution in [2.45, 2.75) is 89.4 Å². The molecule has 0 radical (unpaired) electrons. The largest absolute Gasteiger partial charge is 0.748 e. The normalized spacial score (nSPS) is 25.5. The standard InChI is InChI=1S/C35H47Cl2N2O.CH4O3S/c1-38(34(40)31-13-7-9-26-8-5-6-12-30(26)31)25-28(27-14-15-32(36)33(37)24-27)16-20-39-21-17-35(18-22-39,19-23-39)29-10-3-2-4-11-29;1-5(2,3)4/h7,9,13-15,24,28-29H,2-6,8,10-12,16-23,25H2,1H3;1H3,(H,2,3,4)/q+1;/p-1. The van der Waals surface area contributed by atoms with E-state index < -0.39 is 10.1 Å². The maximum Gasteiger partial charge on any atom is 0.253 e. The van der Waals surface area contributed by atoms with E-state index in [9.17, 15) is 4.79 Å². The minimum Gasteiger partial charge on any atom is -0.748 e. The fraction of sp³-hybridized carbons (Fsp3) is 0.639. The van der Waals surface area contributed by atoms with E-state index in [1.807, 2.05) is 30.1 Å². The number of quaternary nitrogens is 1. The van der Waals surface area contributed by atoms with Gasteiger partial charge in [-0.15, -0.1) is 0 Å². The minimum absolute atomic E-state index is 0.157. The predicted molar refractivity (Wildman–Crippen MR) is 182 cm³/mol. The van der Waals surface area contributed by atoms with Gasteiger partial charge >= 0.3 is 0 Å². The van der Waals surface area contributed by atoms with Crippen molar-refractivity contribution in [3.63, 3.8) is 0 Å². The summed E-state index contributed by atoms with van der Waals surface area (Å²) in [5.74, 6) is 1.38. The number of fused-ring (bicyclic) bond motifs is 4. The van der Waals surface area contributed by atoms with Crippen LogP contribution in [0.3, 0.4) is 0 Å². The molecule has 0 N–H and O–H groups in total. The third kappa shape index (κ3) is 8.64. The van der Waals surface area contributed by atoms with Crippen LogP contribution in [0.5, 0.6) is 0 Å². The van der Waals surface area contributed by atoms with Crippen LogP contribution >= 0.6 is 23.2 Å². The maximum atomic E-state index is 13.8. The minimum atomic E-state index is -3.92. The van der Waals surface area contributed by atoms with Crippen molar-refractivity contribution in [2.75, 3.05) is 46.0 Å². The molecule has 1 unspecified atom stereocenters. The molecule has 7 rings (SSSR count). The van der Waals surface area contributed by atoms with E-state index in [1.165, 1.54) is 112 Å². The number of amides is 1. The van der Waals surface area contributed by atoms with Gasteiger partial charge in [0.2, 0.25) is 0 Å². The summed E-state index contributed by atoms with van der Waals surface area (Å²) in [6.45, 7) is 5.92. The van der Waals surface area contributed by atoms with Gasteiger partial charge in [-0.05, 0) is 84.7 Å². The van der Waals surface area contributed by atoms with Gasteiger partial charge in [-0.2, -0.15) is 0 Å². The lowest BCUT2D eigenvalue weighted by atomic mass is 9.59. The van der Waals surface area contributed by atoms with Crippen molar-refractivity contribution < 1.29 is 22.2 Å². The third-order valence-corrected chi connectivity index (χ3v) is 12.3. The van der Waals surface area contributed by atoms with Crippen LogP contribution in [0.25, 0.3) is 0 Å². The number of benzene rings is 2. The molecule has 45 heavy (non-hydrogen) atoms. The molecule has 1 atom stereocenters. The van der Waals surface area contributed by atoms with Gasteiger partial charge in [0.1, 0.15) is 0 Å². The molecule has 2 aromatic carbocycles. The zero-order valence-electron chi connectivity index (χ0n) is 27.0. The van der Waals surface area contributed by atoms with Crippen molar-refractivity contribution in [1.82, 2.24) is 4.90 Å². The van der Waals surface area contributed by atoms with Crippen molar-refractivity contribution in [2.24, 2.45) is 11.3 Å². The van der Waals surface area contributed by atoms with Gasteiger partial charge in [0.25, 0.3) is 5.91 Å². The van der Waals surface area contributed by atoms with Gasteiger partial charge in [0.15, 0.2) is 0 Å². The van der Waals surface area contributed by atoms with E-state index in [-0.39, 0.29) is 11.8 Å². The van der Waals surface area contributed by atoms with Crippen molar-refractivity contribution in [3.05, 3.63) is 68.7 Å². The first-order valence-electron chi connectivity index (χ1n) is 17.0. The fourth-order valence-electron chi connectivity index (χ4n) is 8.91. The lowest BCUT2D eigenvalue weighted by Gasteiger charge is -2.58. The topological polar surface area (TPSA) is 77.5 Å². The molecule has 2 aromatic rings. The molecule has 5 aliphatic rings. The number of aryl methyl sites for hydroxylation is 1. The fourth-order valence-corrected chi connectivity index (χ4v) is 9.22. The van der Waals surface area contributed by atoms with Crippen LogP contribution in [0.2, 0.25) is 10.0 Å². The average Bonchev–Trinajstić information content (AvgIpc) is 3.04. The summed E-state index contributed by atoms with van der Waals surface area (Å²) in [4.78, 5) is 15.8. The Kier molecular flexibility index (Phi) is 11.3. The Balaban J connectivity index is 0.000000743. The molecular formula is C36H50Cl2N2O4S. The highest BCUT2D eigenvalue weighted by Gasteiger charge is 2.52. The van der Waals surface area contributed by atoms with E-state index >= 15 is 0 Å². The Morgan fingerprint density at radius 2 is 1.62 bits per heavy atom. The SMILES string of the molecule is CN(CC(CC[N+]12CCC(C3CCCCC3)(CC1)CC2)c1ccc(Cl)c(Cl)c1)C(=O)c1cccc2c1CCCC2.CS(=O)(=O)[O-]. The van der Waals surface area contributed by atoms with E-state index in [1.54, 1.807) is 0 Å². The number of carbonyl (C=O) groups is 1. The molecule has 1 saturated carbocycles. The molecule has 0 spiro atoms. The highest BCUT2D eigenvalue weighted by atomic mass is 35.5. The second-order valence-electron chi connectivity index (χ2n) is 14.4. The zero-order valence-corrected chi connectivity index (χ0v) is 29.4. The smallest absolute Gasteiger partial charge is 0.253 e. The number of halogens is 2. The van der Waals surface area contributed by atoms with Crippen molar-refractivity contribution >= 4 is 39.2 Å². The lowest BCUT2D eigenvalue weighted by molar-refractivity contribution is -0.946. The van der Waals surface area contributed by atoms with Gasteiger partial charge in [-0.25, -0.2) is 8.42 Å². The van der Waals surface area contributed by atoms with Crippen LogP contribution < -0.4 is 0 Å². The molecule has 2 bridgehead atoms. The Labute approximate surface area is 280 Å². The number of hydrogen-bond acceptors (Lipinski definition) is 4. The number of nitrogens with zero attached hydrogens (tertiary/aromatic N) is 2. The van der Waals surface area contributed by atoms with Gasteiger partial charge in [0, 0.05) is 57.0 Å². The molecule has 1 amide bonds. The average molecular weight is 678 g/mol. The quantitative estimate of drug-likeness (QED) is 0.211. The highest BCUT2D eigenvalue weighted by molar-refractivity contribution is 7.84. The van der Waals surface area contributed by atoms with Crippen molar-refractivity contribution in [1.29, 1.82) is 0 Å². The zero-order chi connectivity index (χ0) is 32.2. The number of likely N-dealkylation sites (N-methyl/N-ethyl adjacent to an activating group) is 1. The molecule has 4 fully saturated rings. The Bertz CT molecular complexity index is 1420. The summed E-state index contributed by atoms with van der Waals surface area (Å²) in [7, 11) is -1.93. The maximum absolute atomic E-state index is 13.8. The Hall–Kier alpha value is -1.64. The monoisotopic (exact) mass is 676 g/mol. The third-order valence-electron chi connectivity index (χ3n) is 11.6. The second kappa shape index (κ2) is 14.6. The van der Waals surface area contributed by atoms with Gasteiger partial charge < -0.3 is 13.9 Å². The molecule has 2 aliphatic carbocycles. The molecule has 3 heterocycles. The first-order valence-corrected chi connectivity index (χ1v) is 19.5. The van der Waals surface area contributed by atoms with E-state index in [4.69, 9.17) is 36.2 Å². The number of piperidine rings is 3. The second-order valence-corrected chi connectivity index (χ2v) is 16.6. The van der Waals surface area contributed by atoms with E-state index in [0.29, 0.717) is 28.3 Å². The van der Waals surface area contributed by atoms with Gasteiger partial charge in [-0.1, -0.05) is 60.7 Å². The summed E-state index contributed by atoms with van der Waals surface area (Å²) in [6, 6.07) is 12.4. The summed E-state index contributed by atoms with van der Waals surface area (Å²) in [5, 5.41) is 1.20. The van der Waals surface area contributed by atoms with E-state index in [0.717, 1.165) is 30.7 Å². The number of carbonyl (C=O) groups excluding carboxylic acids is 1. The first kappa shape index (κ1) is 34.7. The molecule has 0 aromatic heterocycles. The van der Waals surface area contributed by atoms with Crippen LogP contribution in [-0.4, -0.2) is 74.3 Å². The summed E-state index contributed by atoms with van der Waals surface area (Å²) >= 11 is 12.8. The summed E-state index contributed by atoms with van der Waals surface area (Å²) in [5.41, 5.74) is 5.39. The van der Waals surface area contributed by atoms with Crippen LogP contribution in [-0.2, 0) is 23.0 Å². The molecule has 248 valence electrons. The predicted octanol–water partition coefficient (Wildman–Crippen LogP) is 7.86. The highest BCUT2D eigenvalue weighted by Crippen LogP contribution is 2.53. The van der Waals surface area contributed by atoms with Crippen LogP contribution in [0.1, 0.15) is 104 Å². The number of rotatable bonds is 8. The van der Waals surface area contributed by atoms with Crippen LogP contribution in [0.4, 0.5) is 0 Å². The van der Waals surface area contributed by atoms with E-state index in [2.05, 4.69) is 18.2 Å². The Morgan fingerprint density at radius 1 is 0.978 bits per heavy atom. The van der Waals surface area contributed by atoms with Crippen LogP contribution in [0.15, 0.2) is 36.4 Å². The number of hydrogen-bond donors (Lipinski definition) is 0. The van der Waals surface area contributed by atoms with Gasteiger partial charge in [0.05, 0.1) is 46.3 Å². The van der Waals surface area contributed by atoms with Gasteiger partial charge in [-0.3, -0.25) is 4.79 Å². The van der Waals surface area contributed by atoms with Crippen molar-refractivity contribution in [3.8, 4) is 0 Å². The first-order chi connectivity index (χ1) is 21.4.